The zero-order valence-corrected chi connectivity index (χ0v) is 10.6. The zero-order valence-electron chi connectivity index (χ0n) is 9.82. The van der Waals surface area contributed by atoms with Crippen LogP contribution in [0.25, 0.3) is 0 Å². The molecule has 1 saturated heterocycles. The maximum atomic E-state index is 11.4. The first-order chi connectivity index (χ1) is 7.67. The quantitative estimate of drug-likeness (QED) is 0.701. The molecule has 1 saturated carbocycles. The highest BCUT2D eigenvalue weighted by molar-refractivity contribution is 7.89. The SMILES string of the molecule is O=S1(=O)CCN(C2CCCCCC2)CCN1. The summed E-state index contributed by atoms with van der Waals surface area (Å²) >= 11 is 0. The van der Waals surface area contributed by atoms with Gasteiger partial charge in [0.2, 0.25) is 10.0 Å². The van der Waals surface area contributed by atoms with Gasteiger partial charge in [0, 0.05) is 25.7 Å². The predicted octanol–water partition coefficient (Wildman–Crippen LogP) is 0.944. The minimum atomic E-state index is -2.99. The lowest BCUT2D eigenvalue weighted by Gasteiger charge is -2.29. The van der Waals surface area contributed by atoms with E-state index in [1.54, 1.807) is 0 Å². The van der Waals surface area contributed by atoms with Crippen LogP contribution in [0.5, 0.6) is 0 Å². The highest BCUT2D eigenvalue weighted by Crippen LogP contribution is 2.22. The molecule has 1 aliphatic carbocycles. The molecule has 0 atom stereocenters. The van der Waals surface area contributed by atoms with Crippen molar-refractivity contribution >= 4 is 10.0 Å². The Morgan fingerprint density at radius 3 is 2.38 bits per heavy atom. The van der Waals surface area contributed by atoms with Gasteiger partial charge in [-0.3, -0.25) is 4.90 Å². The van der Waals surface area contributed by atoms with Gasteiger partial charge >= 0.3 is 0 Å². The largest absolute Gasteiger partial charge is 0.298 e. The third-order valence-corrected chi connectivity index (χ3v) is 5.07. The van der Waals surface area contributed by atoms with Gasteiger partial charge in [-0.1, -0.05) is 25.7 Å². The van der Waals surface area contributed by atoms with Crippen LogP contribution in [-0.2, 0) is 10.0 Å². The van der Waals surface area contributed by atoms with Crippen LogP contribution in [0.3, 0.4) is 0 Å². The summed E-state index contributed by atoms with van der Waals surface area (Å²) in [7, 11) is -2.99. The summed E-state index contributed by atoms with van der Waals surface area (Å²) in [4.78, 5) is 2.38. The Bertz CT molecular complexity index is 308. The van der Waals surface area contributed by atoms with Crippen molar-refractivity contribution in [3.05, 3.63) is 0 Å². The van der Waals surface area contributed by atoms with Crippen molar-refractivity contribution in [3.63, 3.8) is 0 Å². The summed E-state index contributed by atoms with van der Waals surface area (Å²) in [6, 6.07) is 0.623. The number of sulfonamides is 1. The van der Waals surface area contributed by atoms with E-state index in [-0.39, 0.29) is 5.75 Å². The van der Waals surface area contributed by atoms with Gasteiger partial charge in [-0.05, 0) is 12.8 Å². The van der Waals surface area contributed by atoms with E-state index in [9.17, 15) is 8.42 Å². The van der Waals surface area contributed by atoms with Gasteiger partial charge in [0.05, 0.1) is 5.75 Å². The number of nitrogens with zero attached hydrogens (tertiary/aromatic N) is 1. The molecule has 2 aliphatic rings. The monoisotopic (exact) mass is 246 g/mol. The summed E-state index contributed by atoms with van der Waals surface area (Å²) in [6.45, 7) is 2.17. The lowest BCUT2D eigenvalue weighted by Crippen LogP contribution is -2.38. The number of hydrogen-bond acceptors (Lipinski definition) is 3. The van der Waals surface area contributed by atoms with Gasteiger partial charge in [-0.15, -0.1) is 0 Å². The van der Waals surface area contributed by atoms with Crippen LogP contribution < -0.4 is 4.72 Å². The van der Waals surface area contributed by atoms with Crippen molar-refractivity contribution in [1.82, 2.24) is 9.62 Å². The number of nitrogens with one attached hydrogen (secondary N) is 1. The van der Waals surface area contributed by atoms with Gasteiger partial charge < -0.3 is 0 Å². The fourth-order valence-electron chi connectivity index (χ4n) is 2.75. The molecule has 0 aromatic heterocycles. The average molecular weight is 246 g/mol. The van der Waals surface area contributed by atoms with Gasteiger partial charge in [0.1, 0.15) is 0 Å². The molecule has 1 heterocycles. The maximum absolute atomic E-state index is 11.4. The molecule has 0 bridgehead atoms. The van der Waals surface area contributed by atoms with Crippen LogP contribution in [0.4, 0.5) is 0 Å². The van der Waals surface area contributed by atoms with Crippen molar-refractivity contribution in [3.8, 4) is 0 Å². The van der Waals surface area contributed by atoms with Gasteiger partial charge in [0.15, 0.2) is 0 Å². The standard InChI is InChI=1S/C11H22N2O2S/c14-16(15)10-9-13(8-7-12-16)11-5-3-1-2-4-6-11/h11-12H,1-10H2. The minimum absolute atomic E-state index is 0.267. The molecule has 0 aromatic rings. The molecule has 4 nitrogen and oxygen atoms in total. The van der Waals surface area contributed by atoms with Crippen LogP contribution in [0, 0.1) is 0 Å². The average Bonchev–Trinajstić information content (AvgIpc) is 2.58. The second kappa shape index (κ2) is 5.47. The second-order valence-electron chi connectivity index (χ2n) is 4.89. The van der Waals surface area contributed by atoms with E-state index in [2.05, 4.69) is 9.62 Å². The predicted molar refractivity (Wildman–Crippen MR) is 64.9 cm³/mol. The lowest BCUT2D eigenvalue weighted by atomic mass is 10.1. The summed E-state index contributed by atoms with van der Waals surface area (Å²) in [5, 5.41) is 0. The van der Waals surface area contributed by atoms with E-state index >= 15 is 0 Å². The Morgan fingerprint density at radius 2 is 1.69 bits per heavy atom. The van der Waals surface area contributed by atoms with E-state index in [4.69, 9.17) is 0 Å². The Balaban J connectivity index is 1.93. The van der Waals surface area contributed by atoms with Crippen molar-refractivity contribution in [2.45, 2.75) is 44.6 Å². The fourth-order valence-corrected chi connectivity index (χ4v) is 3.78. The van der Waals surface area contributed by atoms with Crippen LogP contribution in [0.1, 0.15) is 38.5 Å². The molecular formula is C11H22N2O2S. The molecular weight excluding hydrogens is 224 g/mol. The highest BCUT2D eigenvalue weighted by Gasteiger charge is 2.24. The van der Waals surface area contributed by atoms with Gasteiger partial charge in [0.25, 0.3) is 0 Å². The molecule has 0 spiro atoms. The normalized spacial score (nSPS) is 29.5. The molecule has 1 aliphatic heterocycles. The highest BCUT2D eigenvalue weighted by atomic mass is 32.2. The summed E-state index contributed by atoms with van der Waals surface area (Å²) in [5.74, 6) is 0.267. The number of rotatable bonds is 1. The lowest BCUT2D eigenvalue weighted by molar-refractivity contribution is 0.196. The Hall–Kier alpha value is -0.130. The summed E-state index contributed by atoms with van der Waals surface area (Å²) < 4.78 is 25.5. The molecule has 5 heteroatoms. The molecule has 2 fully saturated rings. The van der Waals surface area contributed by atoms with E-state index in [0.717, 1.165) is 6.54 Å². The molecule has 0 aromatic carbocycles. The van der Waals surface area contributed by atoms with Crippen LogP contribution in [0.2, 0.25) is 0 Å². The first-order valence-electron chi connectivity index (χ1n) is 6.39. The Kier molecular flexibility index (Phi) is 4.21. The summed E-state index contributed by atoms with van der Waals surface area (Å²) in [5.41, 5.74) is 0. The van der Waals surface area contributed by atoms with E-state index in [1.165, 1.54) is 38.5 Å². The van der Waals surface area contributed by atoms with Crippen molar-refractivity contribution in [1.29, 1.82) is 0 Å². The Labute approximate surface area is 98.4 Å². The van der Waals surface area contributed by atoms with Crippen LogP contribution in [-0.4, -0.2) is 44.7 Å². The first kappa shape index (κ1) is 12.3. The summed E-state index contributed by atoms with van der Waals surface area (Å²) in [6.07, 6.45) is 7.81. The van der Waals surface area contributed by atoms with Gasteiger partial charge in [-0.25, -0.2) is 13.1 Å². The molecule has 1 N–H and O–H groups in total. The first-order valence-corrected chi connectivity index (χ1v) is 8.04. The third-order valence-electron chi connectivity index (χ3n) is 3.71. The van der Waals surface area contributed by atoms with E-state index in [0.29, 0.717) is 19.1 Å². The van der Waals surface area contributed by atoms with Crippen LogP contribution >= 0.6 is 0 Å². The molecule has 2 rings (SSSR count). The van der Waals surface area contributed by atoms with Crippen molar-refractivity contribution in [2.75, 3.05) is 25.4 Å². The molecule has 16 heavy (non-hydrogen) atoms. The zero-order chi connectivity index (χ0) is 11.4. The molecule has 0 radical (unpaired) electrons. The smallest absolute Gasteiger partial charge is 0.212 e. The van der Waals surface area contributed by atoms with Crippen molar-refractivity contribution < 1.29 is 8.42 Å². The van der Waals surface area contributed by atoms with E-state index in [1.807, 2.05) is 0 Å². The van der Waals surface area contributed by atoms with Gasteiger partial charge in [-0.2, -0.15) is 0 Å². The third kappa shape index (κ3) is 3.43. The Morgan fingerprint density at radius 1 is 1.00 bits per heavy atom. The molecule has 0 unspecified atom stereocenters. The van der Waals surface area contributed by atoms with Crippen LogP contribution in [0.15, 0.2) is 0 Å². The fraction of sp³-hybridized carbons (Fsp3) is 1.00. The topological polar surface area (TPSA) is 49.4 Å². The molecule has 0 amide bonds. The molecule has 94 valence electrons. The van der Waals surface area contributed by atoms with Crippen molar-refractivity contribution in [2.24, 2.45) is 0 Å². The second-order valence-corrected chi connectivity index (χ2v) is 6.82. The number of hydrogen-bond donors (Lipinski definition) is 1. The van der Waals surface area contributed by atoms with E-state index < -0.39 is 10.0 Å². The minimum Gasteiger partial charge on any atom is -0.298 e. The maximum Gasteiger partial charge on any atom is 0.212 e.